The van der Waals surface area contributed by atoms with Crippen molar-refractivity contribution in [1.29, 1.82) is 0 Å². The highest BCUT2D eigenvalue weighted by molar-refractivity contribution is 6.13. The molecule has 0 saturated heterocycles. The third-order valence-corrected chi connectivity index (χ3v) is 6.74. The highest BCUT2D eigenvalue weighted by Gasteiger charge is 2.28. The highest BCUT2D eigenvalue weighted by atomic mass is 16.3. The van der Waals surface area contributed by atoms with Gasteiger partial charge in [0.25, 0.3) is 0 Å². The van der Waals surface area contributed by atoms with Gasteiger partial charge in [-0.1, -0.05) is 84.9 Å². The van der Waals surface area contributed by atoms with Gasteiger partial charge in [-0.2, -0.15) is 0 Å². The van der Waals surface area contributed by atoms with Crippen LogP contribution < -0.4 is 0 Å². The first kappa shape index (κ1) is 18.2. The number of hydrogen-bond acceptors (Lipinski definition) is 1. The van der Waals surface area contributed by atoms with Gasteiger partial charge in [0, 0.05) is 17.5 Å². The second-order valence-electron chi connectivity index (χ2n) is 8.59. The Hall–Kier alpha value is -3.58. The SMILES string of the molecule is Cc1oc2c(C3=Cc4ccccc4C3)c3ccccc3c-2c(C)c1Cc1ccccc1. The maximum absolute atomic E-state index is 6.63. The summed E-state index contributed by atoms with van der Waals surface area (Å²) in [4.78, 5) is 0. The quantitative estimate of drug-likeness (QED) is 0.301. The van der Waals surface area contributed by atoms with Crippen LogP contribution in [0.15, 0.2) is 83.3 Å². The molecule has 3 aromatic rings. The predicted octanol–water partition coefficient (Wildman–Crippen LogP) is 7.84. The molecule has 0 atom stereocenters. The van der Waals surface area contributed by atoms with Crippen molar-refractivity contribution in [3.05, 3.63) is 118 Å². The van der Waals surface area contributed by atoms with Crippen molar-refractivity contribution in [1.82, 2.24) is 0 Å². The molecule has 3 aromatic carbocycles. The summed E-state index contributed by atoms with van der Waals surface area (Å²) in [6.07, 6.45) is 4.19. The lowest BCUT2D eigenvalue weighted by Gasteiger charge is -2.16. The van der Waals surface area contributed by atoms with E-state index in [1.165, 1.54) is 55.3 Å². The normalized spacial score (nSPS) is 13.0. The zero-order chi connectivity index (χ0) is 20.9. The van der Waals surface area contributed by atoms with Gasteiger partial charge in [0.05, 0.1) is 0 Å². The second kappa shape index (κ2) is 6.99. The van der Waals surface area contributed by atoms with Crippen LogP contribution in [0.1, 0.15) is 39.1 Å². The van der Waals surface area contributed by atoms with Gasteiger partial charge in [0.1, 0.15) is 11.5 Å². The number of rotatable bonds is 3. The van der Waals surface area contributed by atoms with Crippen LogP contribution in [-0.4, -0.2) is 0 Å². The van der Waals surface area contributed by atoms with E-state index < -0.39 is 0 Å². The summed E-state index contributed by atoms with van der Waals surface area (Å²) in [6, 6.07) is 28.1. The lowest BCUT2D eigenvalue weighted by molar-refractivity contribution is 0.522. The molecule has 2 aliphatic carbocycles. The summed E-state index contributed by atoms with van der Waals surface area (Å²) in [5.74, 6) is 2.05. The Kier molecular flexibility index (Phi) is 4.11. The maximum Gasteiger partial charge on any atom is 0.143 e. The Labute approximate surface area is 183 Å². The first-order chi connectivity index (χ1) is 15.2. The predicted molar refractivity (Wildman–Crippen MR) is 130 cm³/mol. The second-order valence-corrected chi connectivity index (χ2v) is 8.59. The standard InChI is InChI=1S/C30H24O/c1-19-27(16-21-10-4-3-5-11-21)20(2)31-30-28(19)25-14-8-9-15-26(25)29(30)24-17-22-12-6-7-13-23(22)18-24/h3-15,17H,16,18H2,1-2H3. The molecule has 0 spiro atoms. The summed E-state index contributed by atoms with van der Waals surface area (Å²) >= 11 is 0. The van der Waals surface area contributed by atoms with Gasteiger partial charge in [-0.15, -0.1) is 0 Å². The van der Waals surface area contributed by atoms with Crippen LogP contribution in [0, 0.1) is 13.8 Å². The molecule has 6 rings (SSSR count). The number of benzene rings is 3. The summed E-state index contributed by atoms with van der Waals surface area (Å²) < 4.78 is 6.63. The minimum absolute atomic E-state index is 0.890. The van der Waals surface area contributed by atoms with E-state index in [1.54, 1.807) is 0 Å². The molecule has 1 aliphatic heterocycles. The number of hydrogen-bond donors (Lipinski definition) is 0. The Balaban J connectivity index is 1.59. The van der Waals surface area contributed by atoms with E-state index in [0.29, 0.717) is 0 Å². The molecule has 1 nitrogen and oxygen atoms in total. The molecule has 0 unspecified atom stereocenters. The molecule has 0 fully saturated rings. The summed E-state index contributed by atoms with van der Waals surface area (Å²) in [5.41, 5.74) is 10.5. The Morgan fingerprint density at radius 2 is 1.42 bits per heavy atom. The fourth-order valence-corrected chi connectivity index (χ4v) is 5.21. The maximum atomic E-state index is 6.63. The fraction of sp³-hybridized carbons (Fsp3) is 0.133. The lowest BCUT2D eigenvalue weighted by Crippen LogP contribution is -1.99. The molecule has 0 aromatic heterocycles. The number of fused-ring (bicyclic) bond motifs is 4. The molecular weight excluding hydrogens is 376 g/mol. The molecule has 0 saturated carbocycles. The van der Waals surface area contributed by atoms with Crippen LogP contribution >= 0.6 is 0 Å². The molecule has 31 heavy (non-hydrogen) atoms. The van der Waals surface area contributed by atoms with Crippen molar-refractivity contribution in [2.24, 2.45) is 0 Å². The van der Waals surface area contributed by atoms with Crippen molar-refractivity contribution in [2.45, 2.75) is 26.7 Å². The zero-order valence-corrected chi connectivity index (χ0v) is 17.9. The molecule has 150 valence electrons. The fourth-order valence-electron chi connectivity index (χ4n) is 5.21. The highest BCUT2D eigenvalue weighted by Crippen LogP contribution is 2.48. The van der Waals surface area contributed by atoms with E-state index in [4.69, 9.17) is 4.42 Å². The Morgan fingerprint density at radius 3 is 2.19 bits per heavy atom. The topological polar surface area (TPSA) is 13.1 Å². The van der Waals surface area contributed by atoms with Crippen LogP contribution in [0.25, 0.3) is 33.7 Å². The Morgan fingerprint density at radius 1 is 0.742 bits per heavy atom. The molecule has 0 N–H and O–H groups in total. The first-order valence-electron chi connectivity index (χ1n) is 11.0. The van der Waals surface area contributed by atoms with Gasteiger partial charge >= 0.3 is 0 Å². The average molecular weight is 401 g/mol. The Bertz CT molecular complexity index is 1430. The molecule has 0 bridgehead atoms. The van der Waals surface area contributed by atoms with E-state index in [2.05, 4.69) is 98.8 Å². The summed E-state index contributed by atoms with van der Waals surface area (Å²) in [7, 11) is 0. The van der Waals surface area contributed by atoms with Crippen molar-refractivity contribution in [2.75, 3.05) is 0 Å². The van der Waals surface area contributed by atoms with Crippen molar-refractivity contribution >= 4 is 22.4 Å². The molecule has 1 heteroatoms. The van der Waals surface area contributed by atoms with Crippen LogP contribution in [-0.2, 0) is 12.8 Å². The van der Waals surface area contributed by atoms with Crippen LogP contribution in [0.5, 0.6) is 0 Å². The van der Waals surface area contributed by atoms with Crippen LogP contribution in [0.4, 0.5) is 0 Å². The lowest BCUT2D eigenvalue weighted by atomic mass is 9.94. The zero-order valence-electron chi connectivity index (χ0n) is 17.9. The van der Waals surface area contributed by atoms with E-state index in [9.17, 15) is 0 Å². The molecular formula is C30H24O. The van der Waals surface area contributed by atoms with E-state index in [0.717, 1.165) is 24.4 Å². The van der Waals surface area contributed by atoms with Crippen LogP contribution in [0.2, 0.25) is 0 Å². The largest absolute Gasteiger partial charge is 0.460 e. The van der Waals surface area contributed by atoms with Crippen molar-refractivity contribution in [3.63, 3.8) is 0 Å². The minimum atomic E-state index is 0.890. The molecule has 0 radical (unpaired) electrons. The van der Waals surface area contributed by atoms with Gasteiger partial charge in [0.2, 0.25) is 0 Å². The van der Waals surface area contributed by atoms with Gasteiger partial charge in [0.15, 0.2) is 0 Å². The molecule has 1 heterocycles. The van der Waals surface area contributed by atoms with Crippen molar-refractivity contribution < 1.29 is 4.42 Å². The summed E-state index contributed by atoms with van der Waals surface area (Å²) in [6.45, 7) is 4.38. The van der Waals surface area contributed by atoms with Crippen LogP contribution in [0.3, 0.4) is 0 Å². The number of aryl methyl sites for hydroxylation is 1. The molecule has 3 aliphatic rings. The summed E-state index contributed by atoms with van der Waals surface area (Å²) in [5, 5.41) is 2.58. The monoisotopic (exact) mass is 400 g/mol. The minimum Gasteiger partial charge on any atom is -0.460 e. The number of allylic oxidation sites excluding steroid dienone is 1. The smallest absolute Gasteiger partial charge is 0.143 e. The third kappa shape index (κ3) is 2.84. The first-order valence-corrected chi connectivity index (χ1v) is 11.0. The molecule has 0 amide bonds. The van der Waals surface area contributed by atoms with Gasteiger partial charge in [-0.3, -0.25) is 0 Å². The van der Waals surface area contributed by atoms with Crippen molar-refractivity contribution in [3.8, 4) is 11.3 Å². The van der Waals surface area contributed by atoms with Gasteiger partial charge in [-0.05, 0) is 64.4 Å². The van der Waals surface area contributed by atoms with Gasteiger partial charge < -0.3 is 4.42 Å². The van der Waals surface area contributed by atoms with E-state index in [-0.39, 0.29) is 0 Å². The van der Waals surface area contributed by atoms with E-state index >= 15 is 0 Å². The average Bonchev–Trinajstić information content (AvgIpc) is 3.35. The van der Waals surface area contributed by atoms with E-state index in [1.807, 2.05) is 0 Å². The van der Waals surface area contributed by atoms with Gasteiger partial charge in [-0.25, -0.2) is 0 Å². The third-order valence-electron chi connectivity index (χ3n) is 6.74.